The minimum Gasteiger partial charge on any atom is -0.455 e. The number of carbonyl (C=O) groups is 2. The summed E-state index contributed by atoms with van der Waals surface area (Å²) in [7, 11) is 0. The van der Waals surface area contributed by atoms with Crippen LogP contribution < -0.4 is 0 Å². The van der Waals surface area contributed by atoms with Gasteiger partial charge < -0.3 is 4.74 Å². The van der Waals surface area contributed by atoms with Crippen molar-refractivity contribution in [3.8, 4) is 0 Å². The topological polar surface area (TPSA) is 73.6 Å². The Morgan fingerprint density at radius 2 is 2.16 bits per heavy atom. The van der Waals surface area contributed by atoms with Crippen LogP contribution in [0.2, 0.25) is 0 Å². The monoisotopic (exact) mass is 265 g/mol. The third-order valence-electron chi connectivity index (χ3n) is 2.18. The maximum absolute atomic E-state index is 13.4. The van der Waals surface area contributed by atoms with Gasteiger partial charge in [0.25, 0.3) is 0 Å². The molecule has 0 aromatic carbocycles. The molecule has 0 aliphatic heterocycles. The highest BCUT2D eigenvalue weighted by Gasteiger charge is 2.22. The molecule has 0 aliphatic carbocycles. The second kappa shape index (κ2) is 4.42. The maximum atomic E-state index is 13.4. The van der Waals surface area contributed by atoms with Gasteiger partial charge in [0.05, 0.1) is 6.20 Å². The quantitative estimate of drug-likeness (QED) is 0.609. The second-order valence-corrected chi connectivity index (χ2v) is 4.91. The number of carbonyl (C=O) groups excluding carboxylic acids is 2. The predicted octanol–water partition coefficient (Wildman–Crippen LogP) is 1.64. The molecular formula is C12H12FN3O3. The molecular weight excluding hydrogens is 253 g/mol. The van der Waals surface area contributed by atoms with E-state index >= 15 is 0 Å². The first-order valence-corrected chi connectivity index (χ1v) is 5.54. The number of ether oxygens (including phenoxy) is 1. The number of aromatic nitrogens is 3. The summed E-state index contributed by atoms with van der Waals surface area (Å²) in [5.41, 5.74) is -1.01. The Labute approximate surface area is 108 Å². The molecule has 0 bridgehead atoms. The van der Waals surface area contributed by atoms with Crippen LogP contribution in [0.25, 0.3) is 5.65 Å². The Balaban J connectivity index is 2.58. The normalized spacial score (nSPS) is 11.6. The number of hydrogen-bond donors (Lipinski definition) is 0. The Kier molecular flexibility index (Phi) is 3.05. The van der Waals surface area contributed by atoms with Crippen LogP contribution in [0.3, 0.4) is 0 Å². The van der Waals surface area contributed by atoms with E-state index in [9.17, 15) is 14.0 Å². The maximum Gasteiger partial charge on any atom is 0.357 e. The lowest BCUT2D eigenvalue weighted by molar-refractivity contribution is 0.00596. The lowest BCUT2D eigenvalue weighted by atomic mass is 10.2. The second-order valence-electron chi connectivity index (χ2n) is 4.91. The average molecular weight is 265 g/mol. The summed E-state index contributed by atoms with van der Waals surface area (Å²) in [5, 5.41) is 3.71. The van der Waals surface area contributed by atoms with E-state index < -0.39 is 17.4 Å². The van der Waals surface area contributed by atoms with Gasteiger partial charge in [-0.15, -0.1) is 0 Å². The summed E-state index contributed by atoms with van der Waals surface area (Å²) in [4.78, 5) is 26.5. The smallest absolute Gasteiger partial charge is 0.357 e. The summed E-state index contributed by atoms with van der Waals surface area (Å²) >= 11 is 0. The number of esters is 1. The number of halogens is 1. The molecule has 2 aromatic heterocycles. The van der Waals surface area contributed by atoms with Crippen molar-refractivity contribution in [3.63, 3.8) is 0 Å². The molecule has 6 nitrogen and oxygen atoms in total. The molecule has 2 heterocycles. The minimum absolute atomic E-state index is 0.0501. The van der Waals surface area contributed by atoms with Crippen LogP contribution >= 0.6 is 0 Å². The number of hydrogen-bond acceptors (Lipinski definition) is 5. The van der Waals surface area contributed by atoms with E-state index in [1.807, 2.05) is 0 Å². The van der Waals surface area contributed by atoms with Crippen molar-refractivity contribution in [2.45, 2.75) is 26.4 Å². The fourth-order valence-corrected chi connectivity index (χ4v) is 1.49. The number of aldehydes is 1. The molecule has 0 unspecified atom stereocenters. The highest BCUT2D eigenvalue weighted by molar-refractivity contribution is 5.90. The van der Waals surface area contributed by atoms with Gasteiger partial charge in [0.2, 0.25) is 0 Å². The lowest BCUT2D eigenvalue weighted by Gasteiger charge is -2.19. The van der Waals surface area contributed by atoms with Crippen molar-refractivity contribution in [1.82, 2.24) is 14.6 Å². The van der Waals surface area contributed by atoms with Crippen LogP contribution in [0.1, 0.15) is 41.7 Å². The van der Waals surface area contributed by atoms with Crippen molar-refractivity contribution in [2.75, 3.05) is 0 Å². The molecule has 0 N–H and O–H groups in total. The molecule has 7 heteroatoms. The molecule has 2 rings (SSSR count). The van der Waals surface area contributed by atoms with Crippen LogP contribution in [0.15, 0.2) is 12.3 Å². The lowest BCUT2D eigenvalue weighted by Crippen LogP contribution is -2.25. The summed E-state index contributed by atoms with van der Waals surface area (Å²) < 4.78 is 19.6. The van der Waals surface area contributed by atoms with Crippen LogP contribution in [0.4, 0.5) is 4.39 Å². The SMILES string of the molecule is CC(C)(C)OC(=O)c1cc(C=O)nc2c(F)cnn12. The summed E-state index contributed by atoms with van der Waals surface area (Å²) in [6.07, 6.45) is 1.35. The first kappa shape index (κ1) is 13.1. The molecule has 0 atom stereocenters. The molecule has 2 aromatic rings. The van der Waals surface area contributed by atoms with E-state index in [4.69, 9.17) is 4.74 Å². The zero-order valence-electron chi connectivity index (χ0n) is 10.7. The van der Waals surface area contributed by atoms with Crippen molar-refractivity contribution in [2.24, 2.45) is 0 Å². The van der Waals surface area contributed by atoms with Crippen LogP contribution in [-0.2, 0) is 4.74 Å². The highest BCUT2D eigenvalue weighted by atomic mass is 19.1. The van der Waals surface area contributed by atoms with Gasteiger partial charge in [0.1, 0.15) is 11.3 Å². The molecule has 0 saturated heterocycles. The standard InChI is InChI=1S/C12H12FN3O3/c1-12(2,3)19-11(18)9-4-7(6-17)15-10-8(13)5-14-16(9)10/h4-6H,1-3H3. The molecule has 100 valence electrons. The van der Waals surface area contributed by atoms with E-state index in [-0.39, 0.29) is 17.0 Å². The van der Waals surface area contributed by atoms with Gasteiger partial charge in [-0.25, -0.2) is 18.7 Å². The Morgan fingerprint density at radius 1 is 1.47 bits per heavy atom. The molecule has 0 spiro atoms. The van der Waals surface area contributed by atoms with E-state index in [0.717, 1.165) is 10.7 Å². The van der Waals surface area contributed by atoms with Crippen molar-refractivity contribution in [3.05, 3.63) is 29.5 Å². The zero-order chi connectivity index (χ0) is 14.2. The molecule has 19 heavy (non-hydrogen) atoms. The van der Waals surface area contributed by atoms with E-state index in [1.165, 1.54) is 6.07 Å². The van der Waals surface area contributed by atoms with Crippen molar-refractivity contribution in [1.29, 1.82) is 0 Å². The number of rotatable bonds is 2. The van der Waals surface area contributed by atoms with Gasteiger partial charge in [0.15, 0.2) is 23.4 Å². The zero-order valence-corrected chi connectivity index (χ0v) is 10.7. The molecule has 0 fully saturated rings. The van der Waals surface area contributed by atoms with Crippen LogP contribution in [0, 0.1) is 5.82 Å². The Morgan fingerprint density at radius 3 is 2.74 bits per heavy atom. The van der Waals surface area contributed by atoms with Crippen LogP contribution in [0.5, 0.6) is 0 Å². The fourth-order valence-electron chi connectivity index (χ4n) is 1.49. The third-order valence-corrected chi connectivity index (χ3v) is 2.18. The van der Waals surface area contributed by atoms with E-state index in [2.05, 4.69) is 10.1 Å². The predicted molar refractivity (Wildman–Crippen MR) is 63.5 cm³/mol. The minimum atomic E-state index is -0.714. The number of nitrogens with zero attached hydrogens (tertiary/aromatic N) is 3. The molecule has 0 saturated carbocycles. The van der Waals surface area contributed by atoms with Gasteiger partial charge >= 0.3 is 5.97 Å². The first-order chi connectivity index (χ1) is 8.81. The fraction of sp³-hybridized carbons (Fsp3) is 0.333. The number of fused-ring (bicyclic) bond motifs is 1. The van der Waals surface area contributed by atoms with Crippen molar-refractivity contribution < 1.29 is 18.7 Å². The van der Waals surface area contributed by atoms with Crippen molar-refractivity contribution >= 4 is 17.9 Å². The van der Waals surface area contributed by atoms with Gasteiger partial charge in [-0.3, -0.25) is 4.79 Å². The first-order valence-electron chi connectivity index (χ1n) is 5.54. The third kappa shape index (κ3) is 2.59. The summed E-state index contributed by atoms with van der Waals surface area (Å²) in [5.74, 6) is -1.42. The van der Waals surface area contributed by atoms with Gasteiger partial charge in [-0.2, -0.15) is 5.10 Å². The van der Waals surface area contributed by atoms with E-state index in [0.29, 0.717) is 6.29 Å². The van der Waals surface area contributed by atoms with Crippen LogP contribution in [-0.4, -0.2) is 32.5 Å². The molecule has 0 aliphatic rings. The molecule has 0 amide bonds. The largest absolute Gasteiger partial charge is 0.455 e. The summed E-state index contributed by atoms with van der Waals surface area (Å²) in [6, 6.07) is 1.21. The molecule has 0 radical (unpaired) electrons. The van der Waals surface area contributed by atoms with Gasteiger partial charge in [-0.1, -0.05) is 0 Å². The van der Waals surface area contributed by atoms with Gasteiger partial charge in [0, 0.05) is 6.07 Å². The highest BCUT2D eigenvalue weighted by Crippen LogP contribution is 2.15. The van der Waals surface area contributed by atoms with Gasteiger partial charge in [-0.05, 0) is 20.8 Å². The average Bonchev–Trinajstić information content (AvgIpc) is 2.68. The Hall–Kier alpha value is -2.31. The summed E-state index contributed by atoms with van der Waals surface area (Å²) in [6.45, 7) is 5.11. The van der Waals surface area contributed by atoms with E-state index in [1.54, 1.807) is 20.8 Å². The Bertz CT molecular complexity index is 658.